The molecule has 6 heteroatoms. The summed E-state index contributed by atoms with van der Waals surface area (Å²) in [7, 11) is 3.23. The van der Waals surface area contributed by atoms with Crippen LogP contribution in [0.4, 0.5) is 5.69 Å². The first-order chi connectivity index (χ1) is 10.3. The normalized spacial score (nSPS) is 14.0. The van der Waals surface area contributed by atoms with Crippen molar-refractivity contribution in [3.63, 3.8) is 0 Å². The number of hydrogen-bond donors (Lipinski definition) is 3. The molecule has 0 aromatic heterocycles. The molecule has 0 bridgehead atoms. The van der Waals surface area contributed by atoms with Gasteiger partial charge in [0.2, 0.25) is 0 Å². The van der Waals surface area contributed by atoms with Gasteiger partial charge in [0.25, 0.3) is 5.91 Å². The van der Waals surface area contributed by atoms with Gasteiger partial charge in [-0.05, 0) is 26.0 Å². The maximum Gasteiger partial charge on any atom is 0.257 e. The van der Waals surface area contributed by atoms with Crippen LogP contribution in [0, 0.1) is 0 Å². The molecule has 6 nitrogen and oxygen atoms in total. The summed E-state index contributed by atoms with van der Waals surface area (Å²) in [6.45, 7) is 3.97. The molecule has 0 saturated heterocycles. The number of Topliss-reactive ketones (excluding diaryl/α,β-unsaturated/α-hetero) is 1. The van der Waals surface area contributed by atoms with E-state index in [0.717, 1.165) is 5.70 Å². The molecule has 0 unspecified atom stereocenters. The minimum atomic E-state index is -0.296. The van der Waals surface area contributed by atoms with Crippen LogP contribution in [0.5, 0.6) is 5.75 Å². The first-order valence-electron chi connectivity index (χ1n) is 7.14. The minimum absolute atomic E-state index is 0.0214. The van der Waals surface area contributed by atoms with Gasteiger partial charge in [-0.15, -0.1) is 0 Å². The number of nitrogens with one attached hydrogen (secondary N) is 2. The van der Waals surface area contributed by atoms with Crippen LogP contribution in [0.25, 0.3) is 0 Å². The standard InChI is InChI=1S/C16H21N3O3/c1-9(2)17-12-8-13(20)14(12)18-11-7-5-6-10(15(11)21)16(22)19(3)4/h5-7,9,17-18,21H,8H2,1-4H3. The Kier molecular flexibility index (Phi) is 4.40. The van der Waals surface area contributed by atoms with Crippen molar-refractivity contribution in [2.75, 3.05) is 19.4 Å². The Morgan fingerprint density at radius 3 is 2.55 bits per heavy atom. The van der Waals surface area contributed by atoms with Gasteiger partial charge in [-0.1, -0.05) is 6.07 Å². The molecule has 22 heavy (non-hydrogen) atoms. The van der Waals surface area contributed by atoms with Gasteiger partial charge in [0.05, 0.1) is 17.7 Å². The number of anilines is 1. The summed E-state index contributed by atoms with van der Waals surface area (Å²) in [5, 5.41) is 16.4. The third kappa shape index (κ3) is 3.05. The number of aromatic hydroxyl groups is 1. The predicted molar refractivity (Wildman–Crippen MR) is 84.7 cm³/mol. The van der Waals surface area contributed by atoms with Crippen LogP contribution < -0.4 is 10.6 Å². The lowest BCUT2D eigenvalue weighted by molar-refractivity contribution is -0.116. The van der Waals surface area contributed by atoms with Crippen molar-refractivity contribution < 1.29 is 14.7 Å². The van der Waals surface area contributed by atoms with Crippen molar-refractivity contribution in [3.05, 3.63) is 35.2 Å². The molecule has 1 aromatic carbocycles. The number of carbonyl (C=O) groups is 2. The fourth-order valence-electron chi connectivity index (χ4n) is 2.21. The quantitative estimate of drug-likeness (QED) is 0.721. The highest BCUT2D eigenvalue weighted by Gasteiger charge is 2.29. The summed E-state index contributed by atoms with van der Waals surface area (Å²) in [5.74, 6) is -0.472. The number of phenolic OH excluding ortho intramolecular Hbond substituents is 1. The number of carbonyl (C=O) groups excluding carboxylic acids is 2. The first kappa shape index (κ1) is 15.9. The van der Waals surface area contributed by atoms with E-state index >= 15 is 0 Å². The van der Waals surface area contributed by atoms with E-state index in [2.05, 4.69) is 10.6 Å². The number of nitrogens with zero attached hydrogens (tertiary/aromatic N) is 1. The van der Waals surface area contributed by atoms with Crippen LogP contribution in [0.15, 0.2) is 29.6 Å². The Morgan fingerprint density at radius 2 is 2.00 bits per heavy atom. The number of benzene rings is 1. The van der Waals surface area contributed by atoms with Gasteiger partial charge in [0.1, 0.15) is 5.70 Å². The summed E-state index contributed by atoms with van der Waals surface area (Å²) in [4.78, 5) is 25.1. The van der Waals surface area contributed by atoms with E-state index in [1.165, 1.54) is 4.90 Å². The molecule has 0 radical (unpaired) electrons. The first-order valence-corrected chi connectivity index (χ1v) is 7.14. The van der Waals surface area contributed by atoms with Crippen molar-refractivity contribution in [1.29, 1.82) is 0 Å². The number of amides is 1. The lowest BCUT2D eigenvalue weighted by Gasteiger charge is -2.27. The molecule has 3 N–H and O–H groups in total. The second kappa shape index (κ2) is 6.09. The van der Waals surface area contributed by atoms with E-state index in [1.807, 2.05) is 13.8 Å². The summed E-state index contributed by atoms with van der Waals surface area (Å²) < 4.78 is 0. The largest absolute Gasteiger partial charge is 0.505 e. The van der Waals surface area contributed by atoms with Gasteiger partial charge in [0.15, 0.2) is 11.5 Å². The van der Waals surface area contributed by atoms with E-state index < -0.39 is 0 Å². The number of para-hydroxylation sites is 1. The Hall–Kier alpha value is -2.50. The van der Waals surface area contributed by atoms with Gasteiger partial charge in [0, 0.05) is 25.8 Å². The minimum Gasteiger partial charge on any atom is -0.505 e. The Balaban J connectivity index is 2.29. The van der Waals surface area contributed by atoms with E-state index in [9.17, 15) is 14.7 Å². The van der Waals surface area contributed by atoms with Gasteiger partial charge in [-0.25, -0.2) is 0 Å². The molecule has 118 valence electrons. The monoisotopic (exact) mass is 303 g/mol. The molecule has 1 amide bonds. The van der Waals surface area contributed by atoms with Crippen LogP contribution in [-0.2, 0) is 4.79 Å². The van der Waals surface area contributed by atoms with E-state index in [-0.39, 0.29) is 29.0 Å². The van der Waals surface area contributed by atoms with E-state index in [1.54, 1.807) is 32.3 Å². The number of rotatable bonds is 5. The average molecular weight is 303 g/mol. The molecule has 0 spiro atoms. The number of phenols is 1. The van der Waals surface area contributed by atoms with Crippen LogP contribution >= 0.6 is 0 Å². The highest BCUT2D eigenvalue weighted by molar-refractivity contribution is 6.07. The van der Waals surface area contributed by atoms with Gasteiger partial charge in [-0.2, -0.15) is 0 Å². The van der Waals surface area contributed by atoms with Crippen LogP contribution in [0.1, 0.15) is 30.6 Å². The smallest absolute Gasteiger partial charge is 0.257 e. The third-order valence-corrected chi connectivity index (χ3v) is 3.31. The van der Waals surface area contributed by atoms with Gasteiger partial charge in [-0.3, -0.25) is 9.59 Å². The second-order valence-electron chi connectivity index (χ2n) is 5.78. The van der Waals surface area contributed by atoms with Gasteiger partial charge < -0.3 is 20.6 Å². The van der Waals surface area contributed by atoms with Crippen molar-refractivity contribution >= 4 is 17.4 Å². The Morgan fingerprint density at radius 1 is 1.32 bits per heavy atom. The summed E-state index contributed by atoms with van der Waals surface area (Å²) in [6.07, 6.45) is 0.359. The zero-order valence-corrected chi connectivity index (χ0v) is 13.2. The molecule has 0 saturated carbocycles. The maximum absolute atomic E-state index is 12.0. The molecule has 0 heterocycles. The summed E-state index contributed by atoms with van der Waals surface area (Å²) in [5.41, 5.74) is 1.81. The molecule has 0 aliphatic heterocycles. The molecular weight excluding hydrogens is 282 g/mol. The predicted octanol–water partition coefficient (Wildman–Crippen LogP) is 1.69. The van der Waals surface area contributed by atoms with Crippen molar-refractivity contribution in [2.45, 2.75) is 26.3 Å². The average Bonchev–Trinajstić information content (AvgIpc) is 2.44. The molecular formula is C16H21N3O3. The Labute approximate surface area is 129 Å². The van der Waals surface area contributed by atoms with Gasteiger partial charge >= 0.3 is 0 Å². The fraction of sp³-hybridized carbons (Fsp3) is 0.375. The fourth-order valence-corrected chi connectivity index (χ4v) is 2.21. The number of allylic oxidation sites excluding steroid dienone is 2. The van der Waals surface area contributed by atoms with Crippen molar-refractivity contribution in [1.82, 2.24) is 10.2 Å². The molecule has 1 aliphatic rings. The summed E-state index contributed by atoms with van der Waals surface area (Å²) >= 11 is 0. The Bertz CT molecular complexity index is 648. The zero-order valence-electron chi connectivity index (χ0n) is 13.2. The molecule has 0 atom stereocenters. The molecule has 0 fully saturated rings. The van der Waals surface area contributed by atoms with Crippen molar-refractivity contribution in [2.24, 2.45) is 0 Å². The second-order valence-corrected chi connectivity index (χ2v) is 5.78. The topological polar surface area (TPSA) is 81.7 Å². The molecule has 1 aromatic rings. The lowest BCUT2D eigenvalue weighted by Crippen LogP contribution is -2.35. The SMILES string of the molecule is CC(C)NC1=C(Nc2cccc(C(=O)N(C)C)c2O)C(=O)C1. The van der Waals surface area contributed by atoms with Crippen LogP contribution in [0.2, 0.25) is 0 Å². The van der Waals surface area contributed by atoms with Crippen LogP contribution in [-0.4, -0.2) is 41.8 Å². The lowest BCUT2D eigenvalue weighted by atomic mass is 9.97. The van der Waals surface area contributed by atoms with Crippen molar-refractivity contribution in [3.8, 4) is 5.75 Å². The summed E-state index contributed by atoms with van der Waals surface area (Å²) in [6, 6.07) is 5.06. The number of ketones is 1. The van der Waals surface area contributed by atoms with E-state index in [0.29, 0.717) is 17.8 Å². The highest BCUT2D eigenvalue weighted by Crippen LogP contribution is 2.32. The zero-order chi connectivity index (χ0) is 16.4. The third-order valence-electron chi connectivity index (χ3n) is 3.31. The molecule has 1 aliphatic carbocycles. The van der Waals surface area contributed by atoms with E-state index in [4.69, 9.17) is 0 Å². The highest BCUT2D eigenvalue weighted by atomic mass is 16.3. The molecule has 2 rings (SSSR count). The number of hydrogen-bond acceptors (Lipinski definition) is 5. The van der Waals surface area contributed by atoms with Crippen LogP contribution in [0.3, 0.4) is 0 Å². The maximum atomic E-state index is 12.0.